The summed E-state index contributed by atoms with van der Waals surface area (Å²) >= 11 is 0. The number of benzene rings is 1. The molecular weight excluding hydrogens is 338 g/mol. The molecule has 1 aliphatic heterocycles. The first-order valence-corrected chi connectivity index (χ1v) is 7.47. The van der Waals surface area contributed by atoms with E-state index in [0.717, 1.165) is 11.0 Å². The van der Waals surface area contributed by atoms with Gasteiger partial charge in [0.1, 0.15) is 23.7 Å². The van der Waals surface area contributed by atoms with E-state index in [-0.39, 0.29) is 36.0 Å². The number of aromatic nitrogens is 2. The fourth-order valence-electron chi connectivity index (χ4n) is 2.89. The number of rotatable bonds is 2. The van der Waals surface area contributed by atoms with Crippen LogP contribution >= 0.6 is 0 Å². The third-order valence-corrected chi connectivity index (χ3v) is 4.04. The summed E-state index contributed by atoms with van der Waals surface area (Å²) in [5.41, 5.74) is 5.99. The van der Waals surface area contributed by atoms with Crippen molar-refractivity contribution in [3.63, 3.8) is 0 Å². The van der Waals surface area contributed by atoms with E-state index in [9.17, 15) is 17.6 Å². The Labute approximate surface area is 140 Å². The second-order valence-electron chi connectivity index (χ2n) is 5.67. The summed E-state index contributed by atoms with van der Waals surface area (Å²) in [4.78, 5) is 9.02. The molecule has 0 spiro atoms. The van der Waals surface area contributed by atoms with E-state index < -0.39 is 18.0 Å². The summed E-state index contributed by atoms with van der Waals surface area (Å²) in [6.07, 6.45) is -4.01. The molecule has 1 aliphatic rings. The highest BCUT2D eigenvalue weighted by Crippen LogP contribution is 2.36. The van der Waals surface area contributed by atoms with Crippen LogP contribution in [0.1, 0.15) is 18.4 Å². The molecule has 1 fully saturated rings. The molecule has 2 heterocycles. The number of hydrogen-bond donors (Lipinski definition) is 1. The highest BCUT2D eigenvalue weighted by atomic mass is 19.4. The van der Waals surface area contributed by atoms with Crippen molar-refractivity contribution < 1.29 is 17.6 Å². The molecule has 25 heavy (non-hydrogen) atoms. The van der Waals surface area contributed by atoms with E-state index in [4.69, 9.17) is 11.0 Å². The molecule has 1 atom stereocenters. The molecular formula is C16H13F4N5. The summed E-state index contributed by atoms with van der Waals surface area (Å²) in [6.45, 7) is 0.196. The molecule has 3 rings (SSSR count). The van der Waals surface area contributed by atoms with Gasteiger partial charge in [-0.05, 0) is 25.0 Å². The first-order chi connectivity index (χ1) is 11.8. The summed E-state index contributed by atoms with van der Waals surface area (Å²) in [7, 11) is 0. The van der Waals surface area contributed by atoms with Crippen molar-refractivity contribution in [2.24, 2.45) is 0 Å². The van der Waals surface area contributed by atoms with Gasteiger partial charge in [0, 0.05) is 18.2 Å². The first-order valence-electron chi connectivity index (χ1n) is 7.47. The third-order valence-electron chi connectivity index (χ3n) is 4.04. The van der Waals surface area contributed by atoms with Crippen molar-refractivity contribution in [3.05, 3.63) is 35.6 Å². The standard InChI is InChI=1S/C16H13F4N5/c17-11-6-9(3-4-10(11)8-21)12-7-14(24-15(22)23-12)25-5-1-2-13(25)16(18,19)20/h3-4,6-7,13H,1-2,5H2,(H2,22,23,24). The lowest BCUT2D eigenvalue weighted by atomic mass is 10.1. The zero-order chi connectivity index (χ0) is 18.2. The number of nitriles is 1. The number of anilines is 2. The Balaban J connectivity index is 2.02. The average molecular weight is 351 g/mol. The zero-order valence-corrected chi connectivity index (χ0v) is 12.9. The summed E-state index contributed by atoms with van der Waals surface area (Å²) in [5.74, 6) is -0.898. The van der Waals surface area contributed by atoms with Gasteiger partial charge in [-0.1, -0.05) is 6.07 Å². The maximum Gasteiger partial charge on any atom is 0.408 e. The molecule has 0 amide bonds. The van der Waals surface area contributed by atoms with Gasteiger partial charge >= 0.3 is 6.18 Å². The molecule has 2 N–H and O–H groups in total. The van der Waals surface area contributed by atoms with Gasteiger partial charge in [0.05, 0.1) is 11.3 Å². The molecule has 1 unspecified atom stereocenters. The molecule has 0 radical (unpaired) electrons. The first kappa shape index (κ1) is 17.0. The molecule has 0 bridgehead atoms. The quantitative estimate of drug-likeness (QED) is 0.840. The molecule has 1 aromatic heterocycles. The summed E-state index contributed by atoms with van der Waals surface area (Å²) < 4.78 is 53.3. The Morgan fingerprint density at radius 2 is 2.00 bits per heavy atom. The number of alkyl halides is 3. The number of nitrogen functional groups attached to an aromatic ring is 1. The molecule has 130 valence electrons. The van der Waals surface area contributed by atoms with Crippen molar-refractivity contribution in [2.75, 3.05) is 17.2 Å². The fraction of sp³-hybridized carbons (Fsp3) is 0.312. The van der Waals surface area contributed by atoms with Crippen LogP contribution in [0, 0.1) is 17.1 Å². The van der Waals surface area contributed by atoms with Crippen molar-refractivity contribution in [1.29, 1.82) is 5.26 Å². The van der Waals surface area contributed by atoms with Crippen LogP contribution in [-0.4, -0.2) is 28.7 Å². The van der Waals surface area contributed by atoms with Gasteiger partial charge < -0.3 is 10.6 Å². The molecule has 1 saturated heterocycles. The monoisotopic (exact) mass is 351 g/mol. The lowest BCUT2D eigenvalue weighted by molar-refractivity contribution is -0.146. The van der Waals surface area contributed by atoms with E-state index in [1.807, 2.05) is 0 Å². The fourth-order valence-corrected chi connectivity index (χ4v) is 2.89. The predicted octanol–water partition coefficient (Wildman–Crippen LogP) is 3.27. The van der Waals surface area contributed by atoms with Crippen LogP contribution in [0.2, 0.25) is 0 Å². The SMILES string of the molecule is N#Cc1ccc(-c2cc(N3CCCC3C(F)(F)F)nc(N)n2)cc1F. The van der Waals surface area contributed by atoms with Crippen LogP contribution in [0.25, 0.3) is 11.3 Å². The van der Waals surface area contributed by atoms with Crippen molar-refractivity contribution in [1.82, 2.24) is 9.97 Å². The second kappa shape index (κ2) is 6.20. The molecule has 0 aliphatic carbocycles. The van der Waals surface area contributed by atoms with Crippen LogP contribution in [0.5, 0.6) is 0 Å². The smallest absolute Gasteiger partial charge is 0.368 e. The number of hydrogen-bond acceptors (Lipinski definition) is 5. The highest BCUT2D eigenvalue weighted by Gasteiger charge is 2.46. The average Bonchev–Trinajstić information content (AvgIpc) is 3.04. The van der Waals surface area contributed by atoms with Gasteiger partial charge in [-0.3, -0.25) is 0 Å². The van der Waals surface area contributed by atoms with Crippen LogP contribution < -0.4 is 10.6 Å². The van der Waals surface area contributed by atoms with Crippen molar-refractivity contribution >= 4 is 11.8 Å². The number of nitrogens with zero attached hydrogens (tertiary/aromatic N) is 4. The van der Waals surface area contributed by atoms with E-state index in [1.165, 1.54) is 18.2 Å². The number of nitrogens with two attached hydrogens (primary N) is 1. The molecule has 2 aromatic rings. The molecule has 5 nitrogen and oxygen atoms in total. The Bertz CT molecular complexity index is 843. The predicted molar refractivity (Wildman–Crippen MR) is 83.0 cm³/mol. The largest absolute Gasteiger partial charge is 0.408 e. The van der Waals surface area contributed by atoms with Crippen LogP contribution in [0.3, 0.4) is 0 Å². The third kappa shape index (κ3) is 3.33. The zero-order valence-electron chi connectivity index (χ0n) is 12.9. The summed E-state index contributed by atoms with van der Waals surface area (Å²) in [5, 5.41) is 8.77. The lowest BCUT2D eigenvalue weighted by Gasteiger charge is -2.27. The maximum absolute atomic E-state index is 13.8. The van der Waals surface area contributed by atoms with Gasteiger partial charge in [0.25, 0.3) is 0 Å². The Kier molecular flexibility index (Phi) is 4.20. The van der Waals surface area contributed by atoms with Crippen LogP contribution in [0.4, 0.5) is 29.3 Å². The lowest BCUT2D eigenvalue weighted by Crippen LogP contribution is -2.41. The van der Waals surface area contributed by atoms with Gasteiger partial charge in [0.2, 0.25) is 5.95 Å². The van der Waals surface area contributed by atoms with E-state index in [2.05, 4.69) is 9.97 Å². The van der Waals surface area contributed by atoms with Gasteiger partial charge in [-0.15, -0.1) is 0 Å². The molecule has 9 heteroatoms. The minimum Gasteiger partial charge on any atom is -0.368 e. The van der Waals surface area contributed by atoms with Gasteiger partial charge in [-0.25, -0.2) is 9.37 Å². The highest BCUT2D eigenvalue weighted by molar-refractivity contribution is 5.65. The van der Waals surface area contributed by atoms with E-state index in [0.29, 0.717) is 12.0 Å². The van der Waals surface area contributed by atoms with Gasteiger partial charge in [-0.2, -0.15) is 23.4 Å². The minimum atomic E-state index is -4.38. The molecule has 0 saturated carbocycles. The van der Waals surface area contributed by atoms with Crippen molar-refractivity contribution in [2.45, 2.75) is 25.1 Å². The van der Waals surface area contributed by atoms with Crippen LogP contribution in [0.15, 0.2) is 24.3 Å². The Hall–Kier alpha value is -2.89. The van der Waals surface area contributed by atoms with E-state index in [1.54, 1.807) is 6.07 Å². The van der Waals surface area contributed by atoms with E-state index >= 15 is 0 Å². The Morgan fingerprint density at radius 1 is 1.24 bits per heavy atom. The Morgan fingerprint density at radius 3 is 2.64 bits per heavy atom. The second-order valence-corrected chi connectivity index (χ2v) is 5.67. The minimum absolute atomic E-state index is 0.0196. The number of halogens is 4. The van der Waals surface area contributed by atoms with Gasteiger partial charge in [0.15, 0.2) is 0 Å². The topological polar surface area (TPSA) is 78.8 Å². The normalized spacial score (nSPS) is 17.6. The molecule has 1 aromatic carbocycles. The van der Waals surface area contributed by atoms with Crippen LogP contribution in [-0.2, 0) is 0 Å². The summed E-state index contributed by atoms with van der Waals surface area (Å²) in [6, 6.07) is 5.24. The maximum atomic E-state index is 13.8. The van der Waals surface area contributed by atoms with Crippen molar-refractivity contribution in [3.8, 4) is 17.3 Å².